The van der Waals surface area contributed by atoms with E-state index >= 15 is 0 Å². The Balaban J connectivity index is 2.36. The predicted octanol–water partition coefficient (Wildman–Crippen LogP) is 4.21. The van der Waals surface area contributed by atoms with Gasteiger partial charge in [0.2, 0.25) is 0 Å². The van der Waals surface area contributed by atoms with Gasteiger partial charge in [-0.25, -0.2) is 0 Å². The third-order valence-corrected chi connectivity index (χ3v) is 3.05. The molecule has 0 atom stereocenters. The van der Waals surface area contributed by atoms with E-state index in [1.807, 2.05) is 50.2 Å². The number of benzene rings is 2. The Hall–Kier alpha value is -1.51. The van der Waals surface area contributed by atoms with Gasteiger partial charge in [0.15, 0.2) is 0 Å². The molecule has 2 rings (SSSR count). The maximum atomic E-state index is 6.16. The van der Waals surface area contributed by atoms with Crippen molar-refractivity contribution in [2.24, 2.45) is 5.73 Å². The summed E-state index contributed by atoms with van der Waals surface area (Å²) >= 11 is 6.16. The van der Waals surface area contributed by atoms with Crippen LogP contribution in [-0.4, -0.2) is 0 Å². The van der Waals surface area contributed by atoms with Gasteiger partial charge in [-0.05, 0) is 43.2 Å². The fourth-order valence-electron chi connectivity index (χ4n) is 1.73. The topological polar surface area (TPSA) is 35.2 Å². The largest absolute Gasteiger partial charge is 0.455 e. The van der Waals surface area contributed by atoms with Crippen LogP contribution in [0.25, 0.3) is 0 Å². The molecule has 0 aromatic heterocycles. The average molecular weight is 262 g/mol. The minimum atomic E-state index is 0.444. The Morgan fingerprint density at radius 1 is 1.00 bits per heavy atom. The maximum Gasteiger partial charge on any atom is 0.146 e. The zero-order valence-corrected chi connectivity index (χ0v) is 11.3. The molecular weight excluding hydrogens is 246 g/mol. The van der Waals surface area contributed by atoms with Crippen LogP contribution in [0.2, 0.25) is 5.02 Å². The Morgan fingerprint density at radius 3 is 2.33 bits per heavy atom. The van der Waals surface area contributed by atoms with E-state index in [1.54, 1.807) is 0 Å². The van der Waals surface area contributed by atoms with Crippen LogP contribution in [0.4, 0.5) is 0 Å². The van der Waals surface area contributed by atoms with Gasteiger partial charge in [0, 0.05) is 12.1 Å². The lowest BCUT2D eigenvalue weighted by molar-refractivity contribution is 0.476. The summed E-state index contributed by atoms with van der Waals surface area (Å²) in [4.78, 5) is 0. The third kappa shape index (κ3) is 2.84. The van der Waals surface area contributed by atoms with Crippen LogP contribution in [0.15, 0.2) is 36.4 Å². The van der Waals surface area contributed by atoms with E-state index < -0.39 is 0 Å². The molecule has 0 saturated heterocycles. The van der Waals surface area contributed by atoms with E-state index in [4.69, 9.17) is 22.1 Å². The third-order valence-electron chi connectivity index (χ3n) is 2.75. The van der Waals surface area contributed by atoms with Gasteiger partial charge in [0.1, 0.15) is 11.5 Å². The fourth-order valence-corrected chi connectivity index (χ4v) is 2.01. The second-order valence-electron chi connectivity index (χ2n) is 4.35. The zero-order chi connectivity index (χ0) is 13.1. The van der Waals surface area contributed by atoms with Crippen molar-refractivity contribution >= 4 is 11.6 Å². The molecule has 0 saturated carbocycles. The second kappa shape index (κ2) is 5.42. The van der Waals surface area contributed by atoms with Gasteiger partial charge in [0.25, 0.3) is 0 Å². The molecule has 0 aliphatic carbocycles. The number of aryl methyl sites for hydroxylation is 2. The summed E-state index contributed by atoms with van der Waals surface area (Å²) in [6.45, 7) is 4.45. The molecule has 0 heterocycles. The summed E-state index contributed by atoms with van der Waals surface area (Å²) in [5, 5.41) is 0.611. The SMILES string of the molecule is Cc1ccc(Oc2cc(C)ccc2CN)c(Cl)c1. The van der Waals surface area contributed by atoms with Crippen molar-refractivity contribution in [3.8, 4) is 11.5 Å². The first kappa shape index (κ1) is 12.9. The molecule has 2 aromatic carbocycles. The summed E-state index contributed by atoms with van der Waals surface area (Å²) in [5.41, 5.74) is 8.91. The van der Waals surface area contributed by atoms with E-state index in [0.29, 0.717) is 17.3 Å². The Labute approximate surface area is 112 Å². The Kier molecular flexibility index (Phi) is 3.90. The van der Waals surface area contributed by atoms with E-state index in [0.717, 1.165) is 22.4 Å². The molecule has 0 spiro atoms. The molecule has 2 N–H and O–H groups in total. The van der Waals surface area contributed by atoms with Crippen LogP contribution in [0.3, 0.4) is 0 Å². The van der Waals surface area contributed by atoms with Crippen LogP contribution >= 0.6 is 11.6 Å². The smallest absolute Gasteiger partial charge is 0.146 e. The van der Waals surface area contributed by atoms with Gasteiger partial charge < -0.3 is 10.5 Å². The lowest BCUT2D eigenvalue weighted by atomic mass is 10.1. The molecule has 0 aliphatic heterocycles. The van der Waals surface area contributed by atoms with Crippen LogP contribution in [-0.2, 0) is 6.54 Å². The van der Waals surface area contributed by atoms with Gasteiger partial charge in [-0.2, -0.15) is 0 Å². The van der Waals surface area contributed by atoms with Crippen LogP contribution in [0, 0.1) is 13.8 Å². The molecule has 2 nitrogen and oxygen atoms in total. The minimum Gasteiger partial charge on any atom is -0.455 e. The number of hydrogen-bond donors (Lipinski definition) is 1. The Bertz CT molecular complexity index is 566. The molecule has 0 unspecified atom stereocenters. The number of rotatable bonds is 3. The number of halogens is 1. The van der Waals surface area contributed by atoms with Crippen molar-refractivity contribution in [3.05, 3.63) is 58.1 Å². The predicted molar refractivity (Wildman–Crippen MR) is 75.3 cm³/mol. The van der Waals surface area contributed by atoms with Crippen molar-refractivity contribution in [1.29, 1.82) is 0 Å². The lowest BCUT2D eigenvalue weighted by Crippen LogP contribution is -2.00. The van der Waals surface area contributed by atoms with Gasteiger partial charge in [-0.15, -0.1) is 0 Å². The summed E-state index contributed by atoms with van der Waals surface area (Å²) in [6.07, 6.45) is 0. The minimum absolute atomic E-state index is 0.444. The summed E-state index contributed by atoms with van der Waals surface area (Å²) in [6, 6.07) is 11.7. The fraction of sp³-hybridized carbons (Fsp3) is 0.200. The normalized spacial score (nSPS) is 10.4. The molecule has 0 amide bonds. The first-order valence-corrected chi connectivity index (χ1v) is 6.21. The van der Waals surface area contributed by atoms with Crippen molar-refractivity contribution in [1.82, 2.24) is 0 Å². The molecule has 0 fully saturated rings. The van der Waals surface area contributed by atoms with Crippen LogP contribution in [0.1, 0.15) is 16.7 Å². The van der Waals surface area contributed by atoms with Crippen molar-refractivity contribution in [2.45, 2.75) is 20.4 Å². The highest BCUT2D eigenvalue weighted by Gasteiger charge is 2.07. The quantitative estimate of drug-likeness (QED) is 0.898. The molecule has 2 aromatic rings. The number of nitrogens with two attached hydrogens (primary N) is 1. The second-order valence-corrected chi connectivity index (χ2v) is 4.76. The maximum absolute atomic E-state index is 6.16. The van der Waals surface area contributed by atoms with E-state index in [1.165, 1.54) is 0 Å². The summed E-state index contributed by atoms with van der Waals surface area (Å²) < 4.78 is 5.86. The first-order chi connectivity index (χ1) is 8.60. The highest BCUT2D eigenvalue weighted by Crippen LogP contribution is 2.32. The molecule has 0 aliphatic rings. The van der Waals surface area contributed by atoms with E-state index in [2.05, 4.69) is 0 Å². The van der Waals surface area contributed by atoms with Gasteiger partial charge in [-0.1, -0.05) is 29.8 Å². The van der Waals surface area contributed by atoms with Gasteiger partial charge >= 0.3 is 0 Å². The van der Waals surface area contributed by atoms with Crippen molar-refractivity contribution in [2.75, 3.05) is 0 Å². The zero-order valence-electron chi connectivity index (χ0n) is 10.5. The number of hydrogen-bond acceptors (Lipinski definition) is 2. The van der Waals surface area contributed by atoms with Crippen LogP contribution in [0.5, 0.6) is 11.5 Å². The average Bonchev–Trinajstić information content (AvgIpc) is 2.33. The highest BCUT2D eigenvalue weighted by molar-refractivity contribution is 6.32. The summed E-state index contributed by atoms with van der Waals surface area (Å²) in [7, 11) is 0. The molecule has 0 radical (unpaired) electrons. The van der Waals surface area contributed by atoms with Crippen molar-refractivity contribution in [3.63, 3.8) is 0 Å². The lowest BCUT2D eigenvalue weighted by Gasteiger charge is -2.12. The molecule has 18 heavy (non-hydrogen) atoms. The Morgan fingerprint density at radius 2 is 1.67 bits per heavy atom. The number of ether oxygens (including phenoxy) is 1. The molecule has 0 bridgehead atoms. The van der Waals surface area contributed by atoms with E-state index in [9.17, 15) is 0 Å². The van der Waals surface area contributed by atoms with Gasteiger partial charge in [0.05, 0.1) is 5.02 Å². The van der Waals surface area contributed by atoms with E-state index in [-0.39, 0.29) is 0 Å². The first-order valence-electron chi connectivity index (χ1n) is 5.84. The molecule has 3 heteroatoms. The standard InChI is InChI=1S/C15H16ClNO/c1-10-4-6-14(13(16)7-10)18-15-8-11(2)3-5-12(15)9-17/h3-8H,9,17H2,1-2H3. The highest BCUT2D eigenvalue weighted by atomic mass is 35.5. The molecule has 94 valence electrons. The van der Waals surface area contributed by atoms with Crippen LogP contribution < -0.4 is 10.5 Å². The summed E-state index contributed by atoms with van der Waals surface area (Å²) in [5.74, 6) is 1.42. The van der Waals surface area contributed by atoms with Gasteiger partial charge in [-0.3, -0.25) is 0 Å². The van der Waals surface area contributed by atoms with Crippen molar-refractivity contribution < 1.29 is 4.74 Å². The molecular formula is C15H16ClNO. The monoisotopic (exact) mass is 261 g/mol.